The predicted octanol–water partition coefficient (Wildman–Crippen LogP) is 4.09. The first-order valence-corrected chi connectivity index (χ1v) is 6.42. The maximum Gasteiger partial charge on any atom is 0.411 e. The van der Waals surface area contributed by atoms with E-state index < -0.39 is 24.0 Å². The summed E-state index contributed by atoms with van der Waals surface area (Å²) in [4.78, 5) is 0. The lowest BCUT2D eigenvalue weighted by Gasteiger charge is -2.15. The Morgan fingerprint density at radius 2 is 1.71 bits per heavy atom. The number of rotatable bonds is 7. The number of methoxy groups -OCH3 is 2. The van der Waals surface area contributed by atoms with E-state index >= 15 is 0 Å². The first-order valence-electron chi connectivity index (χ1n) is 5.98. The summed E-state index contributed by atoms with van der Waals surface area (Å²) in [6, 6.07) is 2.47. The molecule has 0 aliphatic heterocycles. The second-order valence-electron chi connectivity index (χ2n) is 4.15. The molecule has 0 saturated carbocycles. The van der Waals surface area contributed by atoms with Crippen LogP contribution in [0.25, 0.3) is 0 Å². The fourth-order valence-electron chi connectivity index (χ4n) is 1.64. The van der Waals surface area contributed by atoms with Crippen molar-refractivity contribution in [3.8, 4) is 11.5 Å². The smallest absolute Gasteiger partial charge is 0.411 e. The molecule has 0 aliphatic carbocycles. The molecule has 0 aromatic heterocycles. The van der Waals surface area contributed by atoms with Gasteiger partial charge in [-0.05, 0) is 12.5 Å². The van der Waals surface area contributed by atoms with Crippen LogP contribution in [0.1, 0.15) is 17.4 Å². The van der Waals surface area contributed by atoms with Crippen molar-refractivity contribution in [1.82, 2.24) is 0 Å². The van der Waals surface area contributed by atoms with E-state index in [9.17, 15) is 17.6 Å². The highest BCUT2D eigenvalue weighted by atomic mass is 35.5. The molecule has 3 nitrogen and oxygen atoms in total. The molecular weight excluding hydrogens is 316 g/mol. The molecule has 0 bridgehead atoms. The molecule has 0 amide bonds. The van der Waals surface area contributed by atoms with Crippen LogP contribution >= 0.6 is 11.6 Å². The number of hydrogen-bond donors (Lipinski definition) is 0. The van der Waals surface area contributed by atoms with Gasteiger partial charge in [0.25, 0.3) is 0 Å². The second kappa shape index (κ2) is 7.70. The molecule has 0 spiro atoms. The summed E-state index contributed by atoms with van der Waals surface area (Å²) in [5.41, 5.74) is 0.116. The SMILES string of the molecule is COc1cc(F)c(C(Cl)CCOCC(F)(F)F)cc1OC. The number of alkyl halides is 4. The lowest BCUT2D eigenvalue weighted by atomic mass is 10.1. The minimum Gasteiger partial charge on any atom is -0.493 e. The van der Waals surface area contributed by atoms with Gasteiger partial charge in [0, 0.05) is 18.2 Å². The lowest BCUT2D eigenvalue weighted by molar-refractivity contribution is -0.174. The zero-order valence-corrected chi connectivity index (χ0v) is 12.2. The third-order valence-corrected chi connectivity index (χ3v) is 3.08. The summed E-state index contributed by atoms with van der Waals surface area (Å²) in [5, 5.41) is -0.835. The van der Waals surface area contributed by atoms with Crippen LogP contribution in [0.5, 0.6) is 11.5 Å². The van der Waals surface area contributed by atoms with Gasteiger partial charge >= 0.3 is 6.18 Å². The Morgan fingerprint density at radius 1 is 1.14 bits per heavy atom. The molecule has 1 rings (SSSR count). The van der Waals surface area contributed by atoms with Gasteiger partial charge in [-0.25, -0.2) is 4.39 Å². The molecule has 8 heteroatoms. The van der Waals surface area contributed by atoms with E-state index in [1.807, 2.05) is 0 Å². The van der Waals surface area contributed by atoms with Crippen molar-refractivity contribution in [2.24, 2.45) is 0 Å². The topological polar surface area (TPSA) is 27.7 Å². The summed E-state index contributed by atoms with van der Waals surface area (Å²) in [6.45, 7) is -1.59. The Hall–Kier alpha value is -1.21. The lowest BCUT2D eigenvalue weighted by Crippen LogP contribution is -2.17. The summed E-state index contributed by atoms with van der Waals surface area (Å²) in [7, 11) is 2.75. The number of ether oxygens (including phenoxy) is 3. The highest BCUT2D eigenvalue weighted by Crippen LogP contribution is 2.35. The van der Waals surface area contributed by atoms with Gasteiger partial charge < -0.3 is 14.2 Å². The van der Waals surface area contributed by atoms with Crippen molar-refractivity contribution < 1.29 is 31.8 Å². The zero-order chi connectivity index (χ0) is 16.0. The summed E-state index contributed by atoms with van der Waals surface area (Å²) < 4.78 is 64.0. The third kappa shape index (κ3) is 5.59. The molecule has 0 radical (unpaired) electrons. The van der Waals surface area contributed by atoms with Gasteiger partial charge in [-0.3, -0.25) is 0 Å². The molecular formula is C13H15ClF4O3. The molecule has 0 aliphatic rings. The Balaban J connectivity index is 2.67. The predicted molar refractivity (Wildman–Crippen MR) is 69.6 cm³/mol. The van der Waals surface area contributed by atoms with E-state index in [2.05, 4.69) is 4.74 Å². The average molecular weight is 331 g/mol. The van der Waals surface area contributed by atoms with Crippen LogP contribution in [0.15, 0.2) is 12.1 Å². The quantitative estimate of drug-likeness (QED) is 0.428. The van der Waals surface area contributed by atoms with Gasteiger partial charge in [-0.1, -0.05) is 0 Å². The van der Waals surface area contributed by atoms with Gasteiger partial charge in [0.15, 0.2) is 11.5 Å². The zero-order valence-electron chi connectivity index (χ0n) is 11.5. The van der Waals surface area contributed by atoms with Crippen molar-refractivity contribution >= 4 is 11.6 Å². The first-order chi connectivity index (χ1) is 9.78. The molecule has 1 unspecified atom stereocenters. The normalized spacial score (nSPS) is 13.1. The molecule has 1 atom stereocenters. The summed E-state index contributed by atoms with van der Waals surface area (Å²) in [5.74, 6) is -0.129. The van der Waals surface area contributed by atoms with Gasteiger partial charge in [0.2, 0.25) is 0 Å². The molecule has 0 saturated heterocycles. The minimum atomic E-state index is -4.39. The van der Waals surface area contributed by atoms with Crippen molar-refractivity contribution in [3.63, 3.8) is 0 Å². The van der Waals surface area contributed by atoms with Crippen LogP contribution < -0.4 is 9.47 Å². The van der Waals surface area contributed by atoms with Crippen molar-refractivity contribution in [2.45, 2.75) is 18.0 Å². The van der Waals surface area contributed by atoms with Crippen LogP contribution in [0.3, 0.4) is 0 Å². The first kappa shape index (κ1) is 17.8. The molecule has 0 fully saturated rings. The van der Waals surface area contributed by atoms with Crippen molar-refractivity contribution in [3.05, 3.63) is 23.5 Å². The van der Waals surface area contributed by atoms with Crippen LogP contribution in [0.4, 0.5) is 17.6 Å². The number of benzene rings is 1. The highest BCUT2D eigenvalue weighted by molar-refractivity contribution is 6.20. The van der Waals surface area contributed by atoms with E-state index in [1.165, 1.54) is 20.3 Å². The molecule has 1 aromatic carbocycles. The minimum absolute atomic E-state index is 0.0318. The largest absolute Gasteiger partial charge is 0.493 e. The van der Waals surface area contributed by atoms with Crippen LogP contribution in [0.2, 0.25) is 0 Å². The number of halogens is 5. The maximum atomic E-state index is 13.9. The fraction of sp³-hybridized carbons (Fsp3) is 0.538. The van der Waals surface area contributed by atoms with Crippen LogP contribution in [0, 0.1) is 5.82 Å². The maximum absolute atomic E-state index is 13.9. The van der Waals surface area contributed by atoms with E-state index in [-0.39, 0.29) is 30.1 Å². The van der Waals surface area contributed by atoms with Gasteiger partial charge in [0.1, 0.15) is 12.4 Å². The van der Waals surface area contributed by atoms with Gasteiger partial charge in [0.05, 0.1) is 19.6 Å². The van der Waals surface area contributed by atoms with E-state index in [0.717, 1.165) is 6.07 Å². The molecule has 0 heterocycles. The third-order valence-electron chi connectivity index (χ3n) is 2.62. The van der Waals surface area contributed by atoms with Gasteiger partial charge in [-0.15, -0.1) is 11.6 Å². The molecule has 120 valence electrons. The molecule has 0 N–H and O–H groups in total. The van der Waals surface area contributed by atoms with E-state index in [0.29, 0.717) is 0 Å². The monoisotopic (exact) mass is 330 g/mol. The van der Waals surface area contributed by atoms with Crippen molar-refractivity contribution in [1.29, 1.82) is 0 Å². The molecule has 1 aromatic rings. The van der Waals surface area contributed by atoms with E-state index in [4.69, 9.17) is 21.1 Å². The van der Waals surface area contributed by atoms with E-state index in [1.54, 1.807) is 0 Å². The Bertz CT molecular complexity index is 465. The summed E-state index contributed by atoms with van der Waals surface area (Å²) >= 11 is 5.99. The van der Waals surface area contributed by atoms with Crippen LogP contribution in [-0.2, 0) is 4.74 Å². The summed E-state index contributed by atoms with van der Waals surface area (Å²) in [6.07, 6.45) is -4.36. The second-order valence-corrected chi connectivity index (χ2v) is 4.68. The average Bonchev–Trinajstić information content (AvgIpc) is 2.41. The highest BCUT2D eigenvalue weighted by Gasteiger charge is 2.27. The number of hydrogen-bond acceptors (Lipinski definition) is 3. The Kier molecular flexibility index (Phi) is 6.54. The Morgan fingerprint density at radius 3 is 2.24 bits per heavy atom. The van der Waals surface area contributed by atoms with Crippen molar-refractivity contribution in [2.75, 3.05) is 27.4 Å². The fourth-order valence-corrected chi connectivity index (χ4v) is 1.90. The van der Waals surface area contributed by atoms with Gasteiger partial charge in [-0.2, -0.15) is 13.2 Å². The molecule has 21 heavy (non-hydrogen) atoms. The van der Waals surface area contributed by atoms with Crippen LogP contribution in [-0.4, -0.2) is 33.6 Å². The standard InChI is InChI=1S/C13H15ClF4O3/c1-19-11-5-8(10(15)6-12(11)20-2)9(14)3-4-21-7-13(16,17)18/h5-6,9H,3-4,7H2,1-2H3. The Labute approximate surface area is 124 Å².